The molecule has 1 aliphatic heterocycles. The lowest BCUT2D eigenvalue weighted by atomic mass is 9.75. The van der Waals surface area contributed by atoms with E-state index in [1.807, 2.05) is 0 Å². The molecule has 3 aromatic rings. The SMILES string of the molecule is CC1(C)C[C@@H](C=O)N(C(c2ccccc2)(c2ccccc2)c2ccccc2)C1. The van der Waals surface area contributed by atoms with Gasteiger partial charge in [-0.1, -0.05) is 105 Å². The molecule has 1 atom stereocenters. The van der Waals surface area contributed by atoms with E-state index in [1.54, 1.807) is 0 Å². The minimum absolute atomic E-state index is 0.0785. The fraction of sp³-hybridized carbons (Fsp3) is 0.269. The van der Waals surface area contributed by atoms with Gasteiger partial charge in [0.1, 0.15) is 6.29 Å². The number of rotatable bonds is 5. The Balaban J connectivity index is 2.06. The summed E-state index contributed by atoms with van der Waals surface area (Å²) in [5.41, 5.74) is 3.14. The van der Waals surface area contributed by atoms with Crippen molar-refractivity contribution < 1.29 is 4.79 Å². The number of aldehydes is 1. The number of carbonyl (C=O) groups excluding carboxylic acids is 1. The van der Waals surface area contributed by atoms with Crippen molar-refractivity contribution in [3.63, 3.8) is 0 Å². The van der Waals surface area contributed by atoms with Gasteiger partial charge in [-0.3, -0.25) is 4.90 Å². The zero-order chi connectivity index (χ0) is 19.6. The van der Waals surface area contributed by atoms with E-state index in [4.69, 9.17) is 0 Å². The van der Waals surface area contributed by atoms with Crippen molar-refractivity contribution >= 4 is 6.29 Å². The minimum atomic E-state index is -0.511. The Morgan fingerprint density at radius 3 is 1.54 bits per heavy atom. The number of hydrogen-bond acceptors (Lipinski definition) is 2. The Kier molecular flexibility index (Phi) is 4.91. The molecule has 1 heterocycles. The van der Waals surface area contributed by atoms with E-state index in [0.29, 0.717) is 0 Å². The van der Waals surface area contributed by atoms with Crippen LogP contribution in [-0.4, -0.2) is 23.8 Å². The first kappa shape index (κ1) is 18.6. The van der Waals surface area contributed by atoms with Crippen LogP contribution in [0.2, 0.25) is 0 Å². The number of benzene rings is 3. The van der Waals surface area contributed by atoms with E-state index in [-0.39, 0.29) is 11.5 Å². The molecule has 0 N–H and O–H groups in total. The van der Waals surface area contributed by atoms with Crippen molar-refractivity contribution in [3.8, 4) is 0 Å². The molecule has 0 spiro atoms. The summed E-state index contributed by atoms with van der Waals surface area (Å²) in [4.78, 5) is 14.6. The van der Waals surface area contributed by atoms with Gasteiger partial charge in [0.15, 0.2) is 0 Å². The molecular formula is C26H27NO. The highest BCUT2D eigenvalue weighted by atomic mass is 16.1. The molecule has 0 aliphatic carbocycles. The van der Waals surface area contributed by atoms with E-state index in [1.165, 1.54) is 16.7 Å². The van der Waals surface area contributed by atoms with Crippen molar-refractivity contribution in [2.24, 2.45) is 5.41 Å². The third kappa shape index (κ3) is 3.08. The molecule has 142 valence electrons. The molecule has 0 bridgehead atoms. The average molecular weight is 370 g/mol. The summed E-state index contributed by atoms with van der Waals surface area (Å²) < 4.78 is 0. The topological polar surface area (TPSA) is 20.3 Å². The molecule has 1 aliphatic rings. The van der Waals surface area contributed by atoms with E-state index in [9.17, 15) is 4.79 Å². The Morgan fingerprint density at radius 2 is 1.18 bits per heavy atom. The highest BCUT2D eigenvalue weighted by Crippen LogP contribution is 2.48. The quantitative estimate of drug-likeness (QED) is 0.451. The zero-order valence-electron chi connectivity index (χ0n) is 16.6. The van der Waals surface area contributed by atoms with Crippen LogP contribution in [0.25, 0.3) is 0 Å². The monoisotopic (exact) mass is 369 g/mol. The molecule has 0 unspecified atom stereocenters. The van der Waals surface area contributed by atoms with Gasteiger partial charge in [0, 0.05) is 6.54 Å². The zero-order valence-corrected chi connectivity index (χ0v) is 16.6. The maximum absolute atomic E-state index is 12.2. The van der Waals surface area contributed by atoms with Crippen molar-refractivity contribution in [1.29, 1.82) is 0 Å². The van der Waals surface area contributed by atoms with E-state index < -0.39 is 5.54 Å². The predicted octanol–water partition coefficient (Wildman–Crippen LogP) is 5.28. The van der Waals surface area contributed by atoms with Crippen molar-refractivity contribution in [2.45, 2.75) is 31.8 Å². The van der Waals surface area contributed by atoms with Crippen LogP contribution >= 0.6 is 0 Å². The van der Waals surface area contributed by atoms with Gasteiger partial charge in [0.25, 0.3) is 0 Å². The van der Waals surface area contributed by atoms with Crippen LogP contribution in [0.4, 0.5) is 0 Å². The van der Waals surface area contributed by atoms with Gasteiger partial charge in [-0.2, -0.15) is 0 Å². The second-order valence-electron chi connectivity index (χ2n) is 8.51. The maximum atomic E-state index is 12.2. The molecular weight excluding hydrogens is 342 g/mol. The number of likely N-dealkylation sites (tertiary alicyclic amines) is 1. The summed E-state index contributed by atoms with van der Waals surface area (Å²) in [6, 6.07) is 31.7. The molecule has 1 saturated heterocycles. The summed E-state index contributed by atoms with van der Waals surface area (Å²) in [5, 5.41) is 0. The van der Waals surface area contributed by atoms with E-state index in [0.717, 1.165) is 19.3 Å². The lowest BCUT2D eigenvalue weighted by Crippen LogP contribution is -2.51. The Labute approximate surface area is 167 Å². The fourth-order valence-corrected chi connectivity index (χ4v) is 4.84. The number of nitrogens with zero attached hydrogens (tertiary/aromatic N) is 1. The summed E-state index contributed by atoms with van der Waals surface area (Å²) in [6.45, 7) is 5.37. The minimum Gasteiger partial charge on any atom is -0.302 e. The van der Waals surface area contributed by atoms with Crippen LogP contribution in [0.3, 0.4) is 0 Å². The molecule has 0 radical (unpaired) electrons. The Bertz CT molecular complexity index is 822. The highest BCUT2D eigenvalue weighted by molar-refractivity contribution is 5.61. The number of carbonyl (C=O) groups is 1. The smallest absolute Gasteiger partial charge is 0.137 e. The molecule has 0 saturated carbocycles. The molecule has 3 aromatic carbocycles. The van der Waals surface area contributed by atoms with Crippen LogP contribution < -0.4 is 0 Å². The normalized spacial score (nSPS) is 19.4. The van der Waals surface area contributed by atoms with Crippen LogP contribution in [-0.2, 0) is 10.3 Å². The fourth-order valence-electron chi connectivity index (χ4n) is 4.84. The summed E-state index contributed by atoms with van der Waals surface area (Å²) >= 11 is 0. The predicted molar refractivity (Wildman–Crippen MR) is 114 cm³/mol. The lowest BCUT2D eigenvalue weighted by molar-refractivity contribution is -0.112. The first-order chi connectivity index (χ1) is 13.6. The molecule has 2 nitrogen and oxygen atoms in total. The van der Waals surface area contributed by atoms with Gasteiger partial charge < -0.3 is 4.79 Å². The Morgan fingerprint density at radius 1 is 0.786 bits per heavy atom. The van der Waals surface area contributed by atoms with E-state index in [2.05, 4.69) is 110 Å². The lowest BCUT2D eigenvalue weighted by Gasteiger charge is -2.46. The first-order valence-electron chi connectivity index (χ1n) is 9.96. The standard InChI is InChI=1S/C26H27NO/c1-25(2)18-24(19-28)27(20-25)26(21-12-6-3-7-13-21,22-14-8-4-9-15-22)23-16-10-5-11-17-23/h3-17,19,24H,18,20H2,1-2H3/t24-/m0/s1. The van der Waals surface area contributed by atoms with Crippen molar-refractivity contribution in [1.82, 2.24) is 4.90 Å². The van der Waals surface area contributed by atoms with Crippen LogP contribution in [0.1, 0.15) is 37.0 Å². The van der Waals surface area contributed by atoms with Crippen LogP contribution in [0.15, 0.2) is 91.0 Å². The molecule has 1 fully saturated rings. The molecule has 4 rings (SSSR count). The summed E-state index contributed by atoms with van der Waals surface area (Å²) in [6.07, 6.45) is 2.00. The third-order valence-corrected chi connectivity index (χ3v) is 5.92. The van der Waals surface area contributed by atoms with Crippen molar-refractivity contribution in [3.05, 3.63) is 108 Å². The van der Waals surface area contributed by atoms with Gasteiger partial charge in [-0.15, -0.1) is 0 Å². The highest BCUT2D eigenvalue weighted by Gasteiger charge is 2.51. The molecule has 28 heavy (non-hydrogen) atoms. The Hall–Kier alpha value is -2.71. The van der Waals surface area contributed by atoms with Gasteiger partial charge in [-0.05, 0) is 28.5 Å². The van der Waals surface area contributed by atoms with Crippen LogP contribution in [0, 0.1) is 5.41 Å². The van der Waals surface area contributed by atoms with Crippen LogP contribution in [0.5, 0.6) is 0 Å². The van der Waals surface area contributed by atoms with Gasteiger partial charge in [0.05, 0.1) is 11.6 Å². The average Bonchev–Trinajstić information content (AvgIpc) is 3.06. The summed E-state index contributed by atoms with van der Waals surface area (Å²) in [5.74, 6) is 0. The molecule has 2 heteroatoms. The maximum Gasteiger partial charge on any atom is 0.137 e. The second kappa shape index (κ2) is 7.37. The van der Waals surface area contributed by atoms with Gasteiger partial charge in [0.2, 0.25) is 0 Å². The number of hydrogen-bond donors (Lipinski definition) is 0. The third-order valence-electron chi connectivity index (χ3n) is 5.92. The second-order valence-corrected chi connectivity index (χ2v) is 8.51. The van der Waals surface area contributed by atoms with E-state index >= 15 is 0 Å². The van der Waals surface area contributed by atoms with Gasteiger partial charge >= 0.3 is 0 Å². The largest absolute Gasteiger partial charge is 0.302 e. The van der Waals surface area contributed by atoms with Gasteiger partial charge in [-0.25, -0.2) is 0 Å². The molecule has 0 amide bonds. The molecule has 0 aromatic heterocycles. The summed E-state index contributed by atoms with van der Waals surface area (Å²) in [7, 11) is 0. The first-order valence-corrected chi connectivity index (χ1v) is 9.96. The van der Waals surface area contributed by atoms with Crippen molar-refractivity contribution in [2.75, 3.05) is 6.54 Å².